The largest absolute Gasteiger partial charge is 0.339 e. The Labute approximate surface area is 229 Å². The fourth-order valence-electron chi connectivity index (χ4n) is 5.35. The average molecular weight is 515 g/mol. The Morgan fingerprint density at radius 2 is 1.63 bits per heavy atom. The molecular weight excluding hydrogens is 468 g/mol. The number of fused-ring (bicyclic) bond motifs is 1. The smallest absolute Gasteiger partial charge is 0.253 e. The van der Waals surface area contributed by atoms with E-state index in [1.54, 1.807) is 0 Å². The number of aryl methyl sites for hydroxylation is 1. The van der Waals surface area contributed by atoms with Crippen LogP contribution in [0.5, 0.6) is 0 Å². The number of likely N-dealkylation sites (tertiary alicyclic amines) is 1. The van der Waals surface area contributed by atoms with Gasteiger partial charge in [0.15, 0.2) is 0 Å². The predicted octanol–water partition coefficient (Wildman–Crippen LogP) is 7.63. The standard InChI is InChI=1S/C33H46N4O/c1-4-6-9-23-36(24-10-7-5-2)33(38)29-19-25-37-31(26-29)30(14-13-22-35-20-11-8-12-21-35)32(34-37)28-17-15-27(3)16-18-28/h13-19,25-26H,4-12,20-24H2,1-3H3/b14-13+. The first-order chi connectivity index (χ1) is 18.6. The Morgan fingerprint density at radius 1 is 0.947 bits per heavy atom. The van der Waals surface area contributed by atoms with E-state index in [1.165, 1.54) is 37.9 Å². The second-order valence-corrected chi connectivity index (χ2v) is 10.8. The SMILES string of the molecule is CCCCCN(CCCCC)C(=O)c1ccn2nc(-c3ccc(C)cc3)c(/C=C/CN3CCCCC3)c2c1. The lowest BCUT2D eigenvalue weighted by atomic mass is 10.0. The van der Waals surface area contributed by atoms with Gasteiger partial charge >= 0.3 is 0 Å². The number of amides is 1. The molecule has 0 N–H and O–H groups in total. The van der Waals surface area contributed by atoms with Gasteiger partial charge in [-0.3, -0.25) is 9.69 Å². The highest BCUT2D eigenvalue weighted by Crippen LogP contribution is 2.29. The summed E-state index contributed by atoms with van der Waals surface area (Å²) in [4.78, 5) is 18.3. The van der Waals surface area contributed by atoms with E-state index in [2.05, 4.69) is 73.1 Å². The minimum absolute atomic E-state index is 0.140. The van der Waals surface area contributed by atoms with Crippen LogP contribution in [-0.2, 0) is 0 Å². The van der Waals surface area contributed by atoms with Crippen molar-refractivity contribution in [3.63, 3.8) is 0 Å². The number of carbonyl (C=O) groups excluding carboxylic acids is 1. The summed E-state index contributed by atoms with van der Waals surface area (Å²) in [6, 6.07) is 12.6. The van der Waals surface area contributed by atoms with Crippen molar-refractivity contribution in [2.24, 2.45) is 0 Å². The van der Waals surface area contributed by atoms with Crippen molar-refractivity contribution in [1.29, 1.82) is 0 Å². The summed E-state index contributed by atoms with van der Waals surface area (Å²) in [5.41, 5.74) is 6.13. The third kappa shape index (κ3) is 7.35. The number of hydrogen-bond donors (Lipinski definition) is 0. The van der Waals surface area contributed by atoms with Crippen molar-refractivity contribution in [3.8, 4) is 11.3 Å². The maximum Gasteiger partial charge on any atom is 0.253 e. The van der Waals surface area contributed by atoms with E-state index in [9.17, 15) is 4.79 Å². The molecule has 0 aliphatic carbocycles. The van der Waals surface area contributed by atoms with Gasteiger partial charge < -0.3 is 4.90 Å². The van der Waals surface area contributed by atoms with E-state index >= 15 is 0 Å². The summed E-state index contributed by atoms with van der Waals surface area (Å²) in [6.07, 6.45) is 17.1. The van der Waals surface area contributed by atoms with Gasteiger partial charge in [0.1, 0.15) is 5.69 Å². The Bertz CT molecular complexity index is 1180. The van der Waals surface area contributed by atoms with Crippen LogP contribution in [-0.4, -0.2) is 58.0 Å². The molecule has 2 aromatic heterocycles. The molecule has 5 heteroatoms. The summed E-state index contributed by atoms with van der Waals surface area (Å²) in [6.45, 7) is 11.5. The molecule has 0 saturated carbocycles. The minimum Gasteiger partial charge on any atom is -0.339 e. The first-order valence-corrected chi connectivity index (χ1v) is 14.9. The molecule has 0 spiro atoms. The lowest BCUT2D eigenvalue weighted by Gasteiger charge is -2.24. The van der Waals surface area contributed by atoms with E-state index in [0.717, 1.165) is 86.1 Å². The molecule has 4 rings (SSSR count). The normalized spacial score (nSPS) is 14.5. The molecule has 1 saturated heterocycles. The van der Waals surface area contributed by atoms with Gasteiger partial charge in [0.05, 0.1) is 5.52 Å². The zero-order chi connectivity index (χ0) is 26.7. The number of benzene rings is 1. The van der Waals surface area contributed by atoms with Crippen LogP contribution >= 0.6 is 0 Å². The first-order valence-electron chi connectivity index (χ1n) is 14.9. The number of unbranched alkanes of at least 4 members (excludes halogenated alkanes) is 4. The number of aromatic nitrogens is 2. The van der Waals surface area contributed by atoms with Crippen molar-refractivity contribution in [2.75, 3.05) is 32.7 Å². The van der Waals surface area contributed by atoms with Gasteiger partial charge in [0.25, 0.3) is 5.91 Å². The highest BCUT2D eigenvalue weighted by atomic mass is 16.2. The van der Waals surface area contributed by atoms with Crippen LogP contribution in [0.4, 0.5) is 0 Å². The summed E-state index contributed by atoms with van der Waals surface area (Å²) in [7, 11) is 0. The zero-order valence-corrected chi connectivity index (χ0v) is 23.8. The number of rotatable bonds is 13. The molecule has 1 aliphatic heterocycles. The molecule has 1 aromatic carbocycles. The fraction of sp³-hybridized carbons (Fsp3) is 0.515. The quantitative estimate of drug-likeness (QED) is 0.220. The number of nitrogens with zero attached hydrogens (tertiary/aromatic N) is 4. The highest BCUT2D eigenvalue weighted by Gasteiger charge is 2.19. The number of piperidine rings is 1. The third-order valence-electron chi connectivity index (χ3n) is 7.69. The summed E-state index contributed by atoms with van der Waals surface area (Å²) < 4.78 is 1.94. The van der Waals surface area contributed by atoms with E-state index in [-0.39, 0.29) is 5.91 Å². The second-order valence-electron chi connectivity index (χ2n) is 10.8. The molecule has 3 aromatic rings. The summed E-state index contributed by atoms with van der Waals surface area (Å²) in [5.74, 6) is 0.140. The summed E-state index contributed by atoms with van der Waals surface area (Å²) >= 11 is 0. The molecule has 1 amide bonds. The zero-order valence-electron chi connectivity index (χ0n) is 23.8. The van der Waals surface area contributed by atoms with Crippen molar-refractivity contribution in [1.82, 2.24) is 19.4 Å². The third-order valence-corrected chi connectivity index (χ3v) is 7.69. The van der Waals surface area contributed by atoms with Gasteiger partial charge in [-0.25, -0.2) is 4.52 Å². The molecule has 5 nitrogen and oxygen atoms in total. The van der Waals surface area contributed by atoms with Crippen LogP contribution in [0.25, 0.3) is 22.9 Å². The van der Waals surface area contributed by atoms with E-state index < -0.39 is 0 Å². The van der Waals surface area contributed by atoms with Crippen molar-refractivity contribution in [3.05, 3.63) is 65.4 Å². The van der Waals surface area contributed by atoms with Crippen LogP contribution in [0.2, 0.25) is 0 Å². The molecule has 3 heterocycles. The maximum absolute atomic E-state index is 13.7. The molecular formula is C33H46N4O. The maximum atomic E-state index is 13.7. The van der Waals surface area contributed by atoms with Crippen molar-refractivity contribution in [2.45, 2.75) is 78.6 Å². The minimum atomic E-state index is 0.140. The van der Waals surface area contributed by atoms with E-state index in [4.69, 9.17) is 5.10 Å². The Kier molecular flexibility index (Phi) is 10.6. The molecule has 0 bridgehead atoms. The van der Waals surface area contributed by atoms with Crippen molar-refractivity contribution >= 4 is 17.5 Å². The number of hydrogen-bond acceptors (Lipinski definition) is 3. The predicted molar refractivity (Wildman–Crippen MR) is 160 cm³/mol. The van der Waals surface area contributed by atoms with Gasteiger partial charge in [-0.15, -0.1) is 0 Å². The van der Waals surface area contributed by atoms with E-state index in [1.807, 2.05) is 16.8 Å². The topological polar surface area (TPSA) is 40.9 Å². The van der Waals surface area contributed by atoms with Crippen LogP contribution < -0.4 is 0 Å². The molecule has 0 radical (unpaired) electrons. The van der Waals surface area contributed by atoms with Gasteiger partial charge in [0, 0.05) is 42.5 Å². The van der Waals surface area contributed by atoms with Crippen LogP contribution in [0.15, 0.2) is 48.7 Å². The first kappa shape index (κ1) is 28.1. The Hall–Kier alpha value is -2.92. The van der Waals surface area contributed by atoms with Crippen molar-refractivity contribution < 1.29 is 4.79 Å². The summed E-state index contributed by atoms with van der Waals surface area (Å²) in [5, 5.41) is 4.97. The lowest BCUT2D eigenvalue weighted by molar-refractivity contribution is 0.0749. The molecule has 0 atom stereocenters. The number of pyridine rings is 1. The van der Waals surface area contributed by atoms with Gasteiger partial charge in [0.2, 0.25) is 0 Å². The molecule has 1 fully saturated rings. The monoisotopic (exact) mass is 514 g/mol. The number of carbonyl (C=O) groups is 1. The average Bonchev–Trinajstić information content (AvgIpc) is 3.30. The Morgan fingerprint density at radius 3 is 2.29 bits per heavy atom. The lowest BCUT2D eigenvalue weighted by Crippen LogP contribution is -2.33. The van der Waals surface area contributed by atoms with E-state index in [0.29, 0.717) is 0 Å². The van der Waals surface area contributed by atoms with Gasteiger partial charge in [-0.05, 0) is 57.8 Å². The van der Waals surface area contributed by atoms with Crippen LogP contribution in [0.1, 0.15) is 93.1 Å². The molecule has 0 unspecified atom stereocenters. The molecule has 1 aliphatic rings. The fourth-order valence-corrected chi connectivity index (χ4v) is 5.35. The van der Waals surface area contributed by atoms with Gasteiger partial charge in [-0.2, -0.15) is 5.10 Å². The van der Waals surface area contributed by atoms with Crippen LogP contribution in [0.3, 0.4) is 0 Å². The molecule has 204 valence electrons. The highest BCUT2D eigenvalue weighted by molar-refractivity contribution is 5.96. The van der Waals surface area contributed by atoms with Gasteiger partial charge in [-0.1, -0.05) is 87.9 Å². The van der Waals surface area contributed by atoms with Crippen LogP contribution in [0, 0.1) is 6.92 Å². The Balaban J connectivity index is 1.66. The second kappa shape index (κ2) is 14.3. The molecule has 38 heavy (non-hydrogen) atoms.